The summed E-state index contributed by atoms with van der Waals surface area (Å²) in [6, 6.07) is 0. The van der Waals surface area contributed by atoms with E-state index in [1.807, 2.05) is 14.1 Å². The molecule has 0 aromatic carbocycles. The molecule has 2 N–H and O–H groups in total. The second kappa shape index (κ2) is 10.1. The summed E-state index contributed by atoms with van der Waals surface area (Å²) in [5.41, 5.74) is 0. The molecule has 0 heterocycles. The average Bonchev–Trinajstić information content (AvgIpc) is 2.16. The first kappa shape index (κ1) is 13.7. The van der Waals surface area contributed by atoms with Gasteiger partial charge in [-0.05, 0) is 21.0 Å². The largest absolute Gasteiger partial charge is 0.466 e. The Kier molecular flexibility index (Phi) is 11.6. The zero-order valence-corrected chi connectivity index (χ0v) is 8.18. The molecule has 0 fully saturated rings. The van der Waals surface area contributed by atoms with E-state index in [0.29, 0.717) is 6.17 Å². The lowest BCUT2D eigenvalue weighted by Gasteiger charge is -2.05. The number of carbonyl (C=O) groups excluding carboxylic acids is 1. The number of hydrogen-bond donors (Lipinski definition) is 2. The quantitative estimate of drug-likeness (QED) is 0.362. The molecule has 0 spiro atoms. The minimum absolute atomic E-state index is 0.394. The lowest BCUT2D eigenvalue weighted by molar-refractivity contribution is -0.134. The van der Waals surface area contributed by atoms with Crippen LogP contribution < -0.4 is 10.6 Å². The van der Waals surface area contributed by atoms with Gasteiger partial charge in [0.05, 0.1) is 13.3 Å². The molecule has 0 aromatic rings. The molecule has 0 radical (unpaired) electrons. The van der Waals surface area contributed by atoms with Gasteiger partial charge in [0.25, 0.3) is 0 Å². The van der Waals surface area contributed by atoms with Crippen molar-refractivity contribution in [1.29, 1.82) is 0 Å². The fraction of sp³-hybridized carbons (Fsp3) is 0.625. The van der Waals surface area contributed by atoms with Gasteiger partial charge in [-0.15, -0.1) is 0 Å². The Morgan fingerprint density at radius 2 is 1.92 bits per heavy atom. The van der Waals surface area contributed by atoms with E-state index in [4.69, 9.17) is 0 Å². The van der Waals surface area contributed by atoms with Gasteiger partial charge in [0.15, 0.2) is 0 Å². The SMILES string of the molecule is C=CC(=O)OC.CNC(C)NC. The molecule has 4 nitrogen and oxygen atoms in total. The Balaban J connectivity index is 0. The third-order valence-corrected chi connectivity index (χ3v) is 1.23. The predicted octanol–water partition coefficient (Wildman–Crippen LogP) is 0.117. The Morgan fingerprint density at radius 1 is 1.50 bits per heavy atom. The van der Waals surface area contributed by atoms with Crippen LogP contribution in [0.3, 0.4) is 0 Å². The van der Waals surface area contributed by atoms with Crippen molar-refractivity contribution in [1.82, 2.24) is 10.6 Å². The van der Waals surface area contributed by atoms with Crippen LogP contribution in [-0.2, 0) is 9.53 Å². The van der Waals surface area contributed by atoms with E-state index in [1.54, 1.807) is 0 Å². The summed E-state index contributed by atoms with van der Waals surface area (Å²) in [5, 5.41) is 6.01. The van der Waals surface area contributed by atoms with Gasteiger partial charge in [0, 0.05) is 6.08 Å². The zero-order chi connectivity index (χ0) is 9.98. The molecule has 12 heavy (non-hydrogen) atoms. The maximum Gasteiger partial charge on any atom is 0.329 e. The van der Waals surface area contributed by atoms with Crippen molar-refractivity contribution >= 4 is 5.97 Å². The van der Waals surface area contributed by atoms with Gasteiger partial charge >= 0.3 is 5.97 Å². The van der Waals surface area contributed by atoms with E-state index in [0.717, 1.165) is 6.08 Å². The molecular weight excluding hydrogens is 156 g/mol. The van der Waals surface area contributed by atoms with Gasteiger partial charge in [0.1, 0.15) is 0 Å². The molecule has 0 rings (SSSR count). The van der Waals surface area contributed by atoms with Crippen molar-refractivity contribution in [2.75, 3.05) is 21.2 Å². The van der Waals surface area contributed by atoms with Gasteiger partial charge in [-0.25, -0.2) is 4.79 Å². The normalized spacial score (nSPS) is 8.42. The fourth-order valence-electron chi connectivity index (χ4n) is 0.228. The summed E-state index contributed by atoms with van der Waals surface area (Å²) in [5.74, 6) is -0.394. The van der Waals surface area contributed by atoms with Crippen LogP contribution in [0.2, 0.25) is 0 Å². The van der Waals surface area contributed by atoms with E-state index in [-0.39, 0.29) is 0 Å². The summed E-state index contributed by atoms with van der Waals surface area (Å²) in [4.78, 5) is 9.84. The topological polar surface area (TPSA) is 50.4 Å². The maximum absolute atomic E-state index is 9.84. The van der Waals surface area contributed by atoms with Crippen molar-refractivity contribution in [2.45, 2.75) is 13.1 Å². The second-order valence-electron chi connectivity index (χ2n) is 2.03. The first-order valence-electron chi connectivity index (χ1n) is 3.67. The first-order valence-corrected chi connectivity index (χ1v) is 3.67. The standard InChI is InChI=1S/C4H12N2.C4H6O2/c1-4(5-2)6-3;1-3-4(5)6-2/h4-6H,1-3H3;3H,1H2,2H3. The third-order valence-electron chi connectivity index (χ3n) is 1.23. The van der Waals surface area contributed by atoms with Gasteiger partial charge in [0.2, 0.25) is 0 Å². The molecular formula is C8H18N2O2. The van der Waals surface area contributed by atoms with Crippen molar-refractivity contribution in [3.05, 3.63) is 12.7 Å². The highest BCUT2D eigenvalue weighted by atomic mass is 16.5. The van der Waals surface area contributed by atoms with Crippen molar-refractivity contribution in [2.24, 2.45) is 0 Å². The van der Waals surface area contributed by atoms with Crippen molar-refractivity contribution in [3.8, 4) is 0 Å². The van der Waals surface area contributed by atoms with Gasteiger partial charge in [-0.2, -0.15) is 0 Å². The van der Waals surface area contributed by atoms with Crippen molar-refractivity contribution < 1.29 is 9.53 Å². The number of nitrogens with one attached hydrogen (secondary N) is 2. The highest BCUT2D eigenvalue weighted by molar-refractivity contribution is 5.80. The van der Waals surface area contributed by atoms with E-state index in [1.165, 1.54) is 7.11 Å². The van der Waals surface area contributed by atoms with E-state index in [9.17, 15) is 4.79 Å². The Bertz CT molecular complexity index is 122. The minimum Gasteiger partial charge on any atom is -0.466 e. The molecule has 0 aromatic heterocycles. The maximum atomic E-state index is 9.84. The monoisotopic (exact) mass is 174 g/mol. The van der Waals surface area contributed by atoms with Crippen LogP contribution >= 0.6 is 0 Å². The molecule has 0 saturated carbocycles. The third kappa shape index (κ3) is 11.9. The van der Waals surface area contributed by atoms with Crippen LogP contribution in [0, 0.1) is 0 Å². The minimum atomic E-state index is -0.394. The molecule has 0 aliphatic rings. The summed E-state index contributed by atoms with van der Waals surface area (Å²) in [7, 11) is 5.15. The number of methoxy groups -OCH3 is 1. The van der Waals surface area contributed by atoms with Crippen LogP contribution in [0.25, 0.3) is 0 Å². The Hall–Kier alpha value is -0.870. The van der Waals surface area contributed by atoms with Crippen LogP contribution in [0.5, 0.6) is 0 Å². The van der Waals surface area contributed by atoms with Crippen molar-refractivity contribution in [3.63, 3.8) is 0 Å². The van der Waals surface area contributed by atoms with Gasteiger partial charge < -0.3 is 15.4 Å². The zero-order valence-electron chi connectivity index (χ0n) is 8.18. The van der Waals surface area contributed by atoms with Gasteiger partial charge in [-0.3, -0.25) is 0 Å². The number of ether oxygens (including phenoxy) is 1. The molecule has 0 aliphatic carbocycles. The van der Waals surface area contributed by atoms with E-state index in [2.05, 4.69) is 28.9 Å². The fourth-order valence-corrected chi connectivity index (χ4v) is 0.228. The smallest absolute Gasteiger partial charge is 0.329 e. The molecule has 0 atom stereocenters. The highest BCUT2D eigenvalue weighted by Gasteiger charge is 1.84. The van der Waals surface area contributed by atoms with Crippen LogP contribution in [0.4, 0.5) is 0 Å². The molecule has 0 saturated heterocycles. The average molecular weight is 174 g/mol. The molecule has 0 unspecified atom stereocenters. The summed E-state index contributed by atoms with van der Waals surface area (Å²) in [6.07, 6.45) is 1.55. The Morgan fingerprint density at radius 3 is 1.92 bits per heavy atom. The lowest BCUT2D eigenvalue weighted by atomic mass is 10.6. The second-order valence-corrected chi connectivity index (χ2v) is 2.03. The molecule has 4 heteroatoms. The highest BCUT2D eigenvalue weighted by Crippen LogP contribution is 1.67. The molecule has 72 valence electrons. The summed E-state index contributed by atoms with van der Waals surface area (Å²) in [6.45, 7) is 5.21. The van der Waals surface area contributed by atoms with E-state index >= 15 is 0 Å². The first-order chi connectivity index (χ1) is 5.62. The molecule has 0 aliphatic heterocycles. The van der Waals surface area contributed by atoms with E-state index < -0.39 is 5.97 Å². The lowest BCUT2D eigenvalue weighted by Crippen LogP contribution is -2.34. The number of rotatable bonds is 3. The Labute approximate surface area is 74.0 Å². The van der Waals surface area contributed by atoms with Crippen LogP contribution in [-0.4, -0.2) is 33.3 Å². The van der Waals surface area contributed by atoms with Gasteiger partial charge in [-0.1, -0.05) is 6.58 Å². The van der Waals surface area contributed by atoms with Crippen LogP contribution in [0.15, 0.2) is 12.7 Å². The number of esters is 1. The predicted molar refractivity (Wildman–Crippen MR) is 49.8 cm³/mol. The molecule has 0 bridgehead atoms. The van der Waals surface area contributed by atoms with Crippen LogP contribution in [0.1, 0.15) is 6.92 Å². The molecule has 0 amide bonds. The number of hydrogen-bond acceptors (Lipinski definition) is 4. The summed E-state index contributed by atoms with van der Waals surface area (Å²) >= 11 is 0. The number of carbonyl (C=O) groups is 1. The summed E-state index contributed by atoms with van der Waals surface area (Å²) < 4.78 is 4.14.